The van der Waals surface area contributed by atoms with Crippen molar-refractivity contribution in [1.29, 1.82) is 0 Å². The molecule has 0 aliphatic carbocycles. The Labute approximate surface area is 86.0 Å². The third-order valence-electron chi connectivity index (χ3n) is 1.71. The van der Waals surface area contributed by atoms with E-state index in [1.54, 1.807) is 23.0 Å². The molecule has 2 aromatic rings. The summed E-state index contributed by atoms with van der Waals surface area (Å²) in [4.78, 5) is 5.03. The molecule has 0 amide bonds. The molecular weight excluding hydrogens is 196 g/mol. The molecule has 2 rings (SSSR count). The van der Waals surface area contributed by atoms with Gasteiger partial charge in [0.1, 0.15) is 11.5 Å². The van der Waals surface area contributed by atoms with E-state index >= 15 is 0 Å². The Morgan fingerprint density at radius 1 is 1.36 bits per heavy atom. The zero-order valence-electron chi connectivity index (χ0n) is 7.77. The smallest absolute Gasteiger partial charge is 0.148 e. The van der Waals surface area contributed by atoms with E-state index in [-0.39, 0.29) is 0 Å². The predicted octanol–water partition coefficient (Wildman–Crippen LogP) is 2.03. The average Bonchev–Trinajstić information content (AvgIpc) is 2.72. The summed E-state index contributed by atoms with van der Waals surface area (Å²) < 4.78 is 0. The monoisotopic (exact) mass is 206 g/mol. The van der Waals surface area contributed by atoms with Crippen molar-refractivity contribution < 1.29 is 0 Å². The molecule has 0 bridgehead atoms. The second-order valence-electron chi connectivity index (χ2n) is 2.70. The van der Waals surface area contributed by atoms with Crippen LogP contribution in [-0.2, 0) is 0 Å². The van der Waals surface area contributed by atoms with Crippen LogP contribution in [0.2, 0.25) is 0 Å². The molecule has 2 heterocycles. The van der Waals surface area contributed by atoms with Gasteiger partial charge in [0, 0.05) is 12.7 Å². The molecule has 0 radical (unpaired) electrons. The van der Waals surface area contributed by atoms with Crippen molar-refractivity contribution in [2.24, 2.45) is 0 Å². The van der Waals surface area contributed by atoms with Crippen LogP contribution in [0.4, 0.5) is 5.82 Å². The SMILES string of the molecule is CCNc1ccc(-c2cncs2)nn1. The Balaban J connectivity index is 2.22. The van der Waals surface area contributed by atoms with Gasteiger partial charge in [-0.2, -0.15) is 0 Å². The minimum Gasteiger partial charge on any atom is -0.369 e. The number of nitrogens with zero attached hydrogens (tertiary/aromatic N) is 3. The number of hydrogen-bond acceptors (Lipinski definition) is 5. The Hall–Kier alpha value is -1.49. The standard InChI is InChI=1S/C9H10N4S/c1-2-11-9-4-3-7(12-13-9)8-5-10-6-14-8/h3-6H,2H2,1H3,(H,11,13). The van der Waals surface area contributed by atoms with Crippen molar-refractivity contribution in [3.05, 3.63) is 23.8 Å². The Kier molecular flexibility index (Phi) is 2.69. The fraction of sp³-hybridized carbons (Fsp3) is 0.222. The molecular formula is C9H10N4S. The quantitative estimate of drug-likeness (QED) is 0.834. The highest BCUT2D eigenvalue weighted by Crippen LogP contribution is 2.20. The molecule has 0 unspecified atom stereocenters. The lowest BCUT2D eigenvalue weighted by atomic mass is 10.3. The average molecular weight is 206 g/mol. The second-order valence-corrected chi connectivity index (χ2v) is 3.59. The van der Waals surface area contributed by atoms with E-state index in [0.29, 0.717) is 0 Å². The maximum atomic E-state index is 4.10. The highest BCUT2D eigenvalue weighted by Gasteiger charge is 2.01. The molecule has 0 aliphatic heterocycles. The van der Waals surface area contributed by atoms with Gasteiger partial charge in [0.2, 0.25) is 0 Å². The van der Waals surface area contributed by atoms with Crippen molar-refractivity contribution >= 4 is 17.2 Å². The number of anilines is 1. The van der Waals surface area contributed by atoms with Crippen LogP contribution in [0.3, 0.4) is 0 Å². The number of nitrogens with one attached hydrogen (secondary N) is 1. The first-order valence-corrected chi connectivity index (χ1v) is 5.24. The van der Waals surface area contributed by atoms with Gasteiger partial charge in [-0.15, -0.1) is 21.5 Å². The molecule has 0 atom stereocenters. The number of aromatic nitrogens is 3. The zero-order chi connectivity index (χ0) is 9.80. The first kappa shape index (κ1) is 9.08. The lowest BCUT2D eigenvalue weighted by Gasteiger charge is -2.00. The van der Waals surface area contributed by atoms with Gasteiger partial charge in [0.25, 0.3) is 0 Å². The Morgan fingerprint density at radius 2 is 2.29 bits per heavy atom. The van der Waals surface area contributed by atoms with Crippen LogP contribution in [-0.4, -0.2) is 21.7 Å². The summed E-state index contributed by atoms with van der Waals surface area (Å²) in [6.07, 6.45) is 1.79. The third-order valence-corrected chi connectivity index (χ3v) is 2.50. The maximum Gasteiger partial charge on any atom is 0.148 e. The van der Waals surface area contributed by atoms with E-state index < -0.39 is 0 Å². The van der Waals surface area contributed by atoms with Gasteiger partial charge in [-0.25, -0.2) is 0 Å². The summed E-state index contributed by atoms with van der Waals surface area (Å²) >= 11 is 1.56. The van der Waals surface area contributed by atoms with Gasteiger partial charge in [-0.3, -0.25) is 4.98 Å². The number of thiazole rings is 1. The highest BCUT2D eigenvalue weighted by atomic mass is 32.1. The molecule has 0 saturated carbocycles. The van der Waals surface area contributed by atoms with Crippen LogP contribution < -0.4 is 5.32 Å². The van der Waals surface area contributed by atoms with Gasteiger partial charge < -0.3 is 5.32 Å². The van der Waals surface area contributed by atoms with E-state index in [1.807, 2.05) is 19.1 Å². The molecule has 0 spiro atoms. The van der Waals surface area contributed by atoms with Crippen molar-refractivity contribution in [1.82, 2.24) is 15.2 Å². The first-order chi connectivity index (χ1) is 6.90. The molecule has 4 nitrogen and oxygen atoms in total. The van der Waals surface area contributed by atoms with Crippen LogP contribution >= 0.6 is 11.3 Å². The zero-order valence-corrected chi connectivity index (χ0v) is 8.58. The van der Waals surface area contributed by atoms with Crippen molar-refractivity contribution in [3.63, 3.8) is 0 Å². The van der Waals surface area contributed by atoms with Crippen molar-refractivity contribution in [2.45, 2.75) is 6.92 Å². The normalized spacial score (nSPS) is 10.1. The maximum absolute atomic E-state index is 4.10. The summed E-state index contributed by atoms with van der Waals surface area (Å²) in [6, 6.07) is 3.87. The van der Waals surface area contributed by atoms with Gasteiger partial charge in [0.15, 0.2) is 0 Å². The molecule has 0 fully saturated rings. The molecule has 0 aromatic carbocycles. The summed E-state index contributed by atoms with van der Waals surface area (Å²) in [7, 11) is 0. The van der Waals surface area contributed by atoms with Gasteiger partial charge >= 0.3 is 0 Å². The molecule has 14 heavy (non-hydrogen) atoms. The molecule has 1 N–H and O–H groups in total. The van der Waals surface area contributed by atoms with Crippen LogP contribution in [0.1, 0.15) is 6.92 Å². The lowest BCUT2D eigenvalue weighted by Crippen LogP contribution is -2.00. The van der Waals surface area contributed by atoms with Crippen molar-refractivity contribution in [3.8, 4) is 10.6 Å². The lowest BCUT2D eigenvalue weighted by molar-refractivity contribution is 1.02. The number of hydrogen-bond donors (Lipinski definition) is 1. The van der Waals surface area contributed by atoms with Crippen LogP contribution in [0, 0.1) is 0 Å². The van der Waals surface area contributed by atoms with Gasteiger partial charge in [-0.05, 0) is 19.1 Å². The first-order valence-electron chi connectivity index (χ1n) is 4.36. The van der Waals surface area contributed by atoms with E-state index in [1.165, 1.54) is 0 Å². The largest absolute Gasteiger partial charge is 0.369 e. The number of rotatable bonds is 3. The Morgan fingerprint density at radius 3 is 2.86 bits per heavy atom. The minimum atomic E-state index is 0.806. The minimum absolute atomic E-state index is 0.806. The summed E-state index contributed by atoms with van der Waals surface area (Å²) in [5.74, 6) is 0.806. The van der Waals surface area contributed by atoms with Crippen LogP contribution in [0.5, 0.6) is 0 Å². The molecule has 5 heteroatoms. The third kappa shape index (κ3) is 1.88. The van der Waals surface area contributed by atoms with Crippen LogP contribution in [0.15, 0.2) is 23.8 Å². The van der Waals surface area contributed by atoms with Crippen LogP contribution in [0.25, 0.3) is 10.6 Å². The van der Waals surface area contributed by atoms with E-state index in [0.717, 1.165) is 22.9 Å². The summed E-state index contributed by atoms with van der Waals surface area (Å²) in [5.41, 5.74) is 2.66. The molecule has 0 saturated heterocycles. The molecule has 72 valence electrons. The fourth-order valence-corrected chi connectivity index (χ4v) is 1.67. The van der Waals surface area contributed by atoms with E-state index in [9.17, 15) is 0 Å². The topological polar surface area (TPSA) is 50.7 Å². The summed E-state index contributed by atoms with van der Waals surface area (Å²) in [5, 5.41) is 11.2. The highest BCUT2D eigenvalue weighted by molar-refractivity contribution is 7.13. The molecule has 0 aliphatic rings. The van der Waals surface area contributed by atoms with Gasteiger partial charge in [-0.1, -0.05) is 0 Å². The van der Waals surface area contributed by atoms with E-state index in [4.69, 9.17) is 0 Å². The van der Waals surface area contributed by atoms with Gasteiger partial charge in [0.05, 0.1) is 10.4 Å². The molecule has 2 aromatic heterocycles. The second kappa shape index (κ2) is 4.15. The van der Waals surface area contributed by atoms with E-state index in [2.05, 4.69) is 20.5 Å². The predicted molar refractivity (Wildman–Crippen MR) is 57.3 cm³/mol. The fourth-order valence-electron chi connectivity index (χ4n) is 1.08. The summed E-state index contributed by atoms with van der Waals surface area (Å²) in [6.45, 7) is 2.88. The van der Waals surface area contributed by atoms with Crippen molar-refractivity contribution in [2.75, 3.05) is 11.9 Å². The Bertz CT molecular complexity index is 382.